The molecule has 1 atom stereocenters. The van der Waals surface area contributed by atoms with Crippen molar-refractivity contribution < 1.29 is 23.9 Å². The molecule has 5 rings (SSSR count). The van der Waals surface area contributed by atoms with Crippen molar-refractivity contribution >= 4 is 40.6 Å². The SMILES string of the molecule is O=C(Nc1ccccc1)Nc1ccc(NC(=O)C2CC(=O)N(c3ccc4c(c3)OCO4)C2)cc1. The van der Waals surface area contributed by atoms with E-state index in [4.69, 9.17) is 9.47 Å². The van der Waals surface area contributed by atoms with E-state index in [-0.39, 0.29) is 37.6 Å². The number of anilines is 4. The molecule has 0 aromatic heterocycles. The van der Waals surface area contributed by atoms with Crippen LogP contribution in [0.25, 0.3) is 0 Å². The Balaban J connectivity index is 1.16. The fourth-order valence-electron chi connectivity index (χ4n) is 3.88. The minimum absolute atomic E-state index is 0.122. The molecule has 9 heteroatoms. The Morgan fingerprint density at radius 1 is 0.794 bits per heavy atom. The van der Waals surface area contributed by atoms with E-state index in [1.54, 1.807) is 59.5 Å². The Kier molecular flexibility index (Phi) is 5.73. The van der Waals surface area contributed by atoms with E-state index >= 15 is 0 Å². The highest BCUT2D eigenvalue weighted by Gasteiger charge is 2.35. The summed E-state index contributed by atoms with van der Waals surface area (Å²) in [7, 11) is 0. The maximum atomic E-state index is 12.8. The number of benzene rings is 3. The highest BCUT2D eigenvalue weighted by molar-refractivity contribution is 6.04. The van der Waals surface area contributed by atoms with E-state index in [9.17, 15) is 14.4 Å². The molecule has 0 radical (unpaired) electrons. The van der Waals surface area contributed by atoms with Crippen LogP contribution in [0.2, 0.25) is 0 Å². The van der Waals surface area contributed by atoms with Crippen molar-refractivity contribution in [3.05, 3.63) is 72.8 Å². The average molecular weight is 458 g/mol. The number of nitrogens with one attached hydrogen (secondary N) is 3. The van der Waals surface area contributed by atoms with Gasteiger partial charge in [0.05, 0.1) is 5.92 Å². The predicted octanol–water partition coefficient (Wildman–Crippen LogP) is 4.05. The van der Waals surface area contributed by atoms with Crippen LogP contribution in [0, 0.1) is 5.92 Å². The van der Waals surface area contributed by atoms with E-state index in [2.05, 4.69) is 16.0 Å². The van der Waals surface area contributed by atoms with Gasteiger partial charge in [0.25, 0.3) is 0 Å². The number of amides is 4. The zero-order chi connectivity index (χ0) is 23.5. The summed E-state index contributed by atoms with van der Waals surface area (Å²) in [5.74, 6) is 0.388. The standard InChI is InChI=1S/C25H22N4O5/c30-23-12-16(14-29(23)20-10-11-21-22(13-20)34-15-33-21)24(31)26-18-6-8-19(9-7-18)28-25(32)27-17-4-2-1-3-5-17/h1-11,13,16H,12,14-15H2,(H,26,31)(H2,27,28,32). The molecule has 1 saturated heterocycles. The minimum atomic E-state index is -0.479. The second-order valence-electron chi connectivity index (χ2n) is 7.95. The number of carbonyl (C=O) groups excluding carboxylic acids is 3. The van der Waals surface area contributed by atoms with Gasteiger partial charge in [-0.3, -0.25) is 9.59 Å². The molecule has 1 fully saturated rings. The largest absolute Gasteiger partial charge is 0.454 e. The molecule has 0 saturated carbocycles. The monoisotopic (exact) mass is 458 g/mol. The van der Waals surface area contributed by atoms with E-state index in [1.165, 1.54) is 0 Å². The molecule has 3 aromatic carbocycles. The van der Waals surface area contributed by atoms with Crippen molar-refractivity contribution in [1.82, 2.24) is 0 Å². The van der Waals surface area contributed by atoms with Crippen LogP contribution >= 0.6 is 0 Å². The number of para-hydroxylation sites is 1. The number of carbonyl (C=O) groups is 3. The van der Waals surface area contributed by atoms with Crippen molar-refractivity contribution in [2.45, 2.75) is 6.42 Å². The second kappa shape index (κ2) is 9.14. The van der Waals surface area contributed by atoms with Gasteiger partial charge in [0.1, 0.15) is 0 Å². The lowest BCUT2D eigenvalue weighted by Gasteiger charge is -2.17. The van der Waals surface area contributed by atoms with Gasteiger partial charge in [-0.25, -0.2) is 4.79 Å². The summed E-state index contributed by atoms with van der Waals surface area (Å²) in [6.07, 6.45) is 0.125. The van der Waals surface area contributed by atoms with Crippen LogP contribution in [0.4, 0.5) is 27.5 Å². The van der Waals surface area contributed by atoms with Gasteiger partial charge >= 0.3 is 6.03 Å². The summed E-state index contributed by atoms with van der Waals surface area (Å²) in [6.45, 7) is 0.438. The first-order valence-electron chi connectivity index (χ1n) is 10.8. The summed E-state index contributed by atoms with van der Waals surface area (Å²) >= 11 is 0. The van der Waals surface area contributed by atoms with Crippen molar-refractivity contribution in [1.29, 1.82) is 0 Å². The maximum absolute atomic E-state index is 12.8. The topological polar surface area (TPSA) is 109 Å². The van der Waals surface area contributed by atoms with Gasteiger partial charge in [-0.2, -0.15) is 0 Å². The van der Waals surface area contributed by atoms with Crippen molar-refractivity contribution in [2.75, 3.05) is 34.2 Å². The molecule has 172 valence electrons. The Morgan fingerprint density at radius 3 is 2.18 bits per heavy atom. The van der Waals surface area contributed by atoms with Crippen LogP contribution in [0.3, 0.4) is 0 Å². The lowest BCUT2D eigenvalue weighted by molar-refractivity contribution is -0.122. The maximum Gasteiger partial charge on any atom is 0.323 e. The predicted molar refractivity (Wildman–Crippen MR) is 127 cm³/mol. The van der Waals surface area contributed by atoms with Crippen LogP contribution in [-0.2, 0) is 9.59 Å². The van der Waals surface area contributed by atoms with Gasteiger partial charge in [0, 0.05) is 41.8 Å². The zero-order valence-electron chi connectivity index (χ0n) is 18.1. The van der Waals surface area contributed by atoms with Gasteiger partial charge < -0.3 is 30.3 Å². The first-order chi connectivity index (χ1) is 16.5. The first-order valence-corrected chi connectivity index (χ1v) is 10.8. The molecule has 3 N–H and O–H groups in total. The molecule has 9 nitrogen and oxygen atoms in total. The summed E-state index contributed by atoms with van der Waals surface area (Å²) in [6, 6.07) is 20.8. The van der Waals surface area contributed by atoms with E-state index < -0.39 is 5.92 Å². The zero-order valence-corrected chi connectivity index (χ0v) is 18.1. The molecule has 0 aliphatic carbocycles. The van der Waals surface area contributed by atoms with E-state index in [0.29, 0.717) is 34.2 Å². The third-order valence-corrected chi connectivity index (χ3v) is 5.61. The van der Waals surface area contributed by atoms with Gasteiger partial charge in [0.15, 0.2) is 11.5 Å². The summed E-state index contributed by atoms with van der Waals surface area (Å²) in [5.41, 5.74) is 2.52. The molecule has 34 heavy (non-hydrogen) atoms. The van der Waals surface area contributed by atoms with Crippen molar-refractivity contribution in [3.8, 4) is 11.5 Å². The molecule has 1 unspecified atom stereocenters. The smallest absolute Gasteiger partial charge is 0.323 e. The lowest BCUT2D eigenvalue weighted by atomic mass is 10.1. The number of hydrogen-bond donors (Lipinski definition) is 3. The van der Waals surface area contributed by atoms with E-state index in [0.717, 1.165) is 0 Å². The summed E-state index contributed by atoms with van der Waals surface area (Å²) < 4.78 is 10.7. The Bertz CT molecular complexity index is 1230. The molecular formula is C25H22N4O5. The van der Waals surface area contributed by atoms with Crippen molar-refractivity contribution in [3.63, 3.8) is 0 Å². The third kappa shape index (κ3) is 4.63. The number of rotatable bonds is 5. The Morgan fingerprint density at radius 2 is 1.44 bits per heavy atom. The van der Waals surface area contributed by atoms with Crippen LogP contribution in [0.1, 0.15) is 6.42 Å². The Labute approximate surface area is 195 Å². The van der Waals surface area contributed by atoms with Crippen LogP contribution in [-0.4, -0.2) is 31.2 Å². The quantitative estimate of drug-likeness (QED) is 0.535. The number of nitrogens with zero attached hydrogens (tertiary/aromatic N) is 1. The molecule has 0 bridgehead atoms. The first kappa shape index (κ1) is 21.3. The molecule has 2 aliphatic rings. The molecule has 2 heterocycles. The number of urea groups is 1. The van der Waals surface area contributed by atoms with Gasteiger partial charge in [-0.05, 0) is 48.5 Å². The van der Waals surface area contributed by atoms with Crippen molar-refractivity contribution in [2.24, 2.45) is 5.92 Å². The average Bonchev–Trinajstić information content (AvgIpc) is 3.47. The summed E-state index contributed by atoms with van der Waals surface area (Å²) in [5, 5.41) is 8.33. The van der Waals surface area contributed by atoms with Crippen LogP contribution in [0.5, 0.6) is 11.5 Å². The van der Waals surface area contributed by atoms with Gasteiger partial charge in [0.2, 0.25) is 18.6 Å². The number of ether oxygens (including phenoxy) is 2. The van der Waals surface area contributed by atoms with E-state index in [1.807, 2.05) is 18.2 Å². The molecule has 0 spiro atoms. The molecule has 4 amide bonds. The van der Waals surface area contributed by atoms with Gasteiger partial charge in [-0.15, -0.1) is 0 Å². The Hall–Kier alpha value is -4.53. The fourth-order valence-corrected chi connectivity index (χ4v) is 3.88. The second-order valence-corrected chi connectivity index (χ2v) is 7.95. The molecule has 3 aromatic rings. The minimum Gasteiger partial charge on any atom is -0.454 e. The molecule has 2 aliphatic heterocycles. The number of fused-ring (bicyclic) bond motifs is 1. The van der Waals surface area contributed by atoms with Crippen LogP contribution in [0.15, 0.2) is 72.8 Å². The highest BCUT2D eigenvalue weighted by Crippen LogP contribution is 2.37. The van der Waals surface area contributed by atoms with Crippen LogP contribution < -0.4 is 30.3 Å². The number of hydrogen-bond acceptors (Lipinski definition) is 5. The highest BCUT2D eigenvalue weighted by atomic mass is 16.7. The lowest BCUT2D eigenvalue weighted by Crippen LogP contribution is -2.28. The normalized spacial score (nSPS) is 16.3. The fraction of sp³-hybridized carbons (Fsp3) is 0.160. The molecular weight excluding hydrogens is 436 g/mol. The third-order valence-electron chi connectivity index (χ3n) is 5.61. The van der Waals surface area contributed by atoms with Gasteiger partial charge in [-0.1, -0.05) is 18.2 Å². The summed E-state index contributed by atoms with van der Waals surface area (Å²) in [4.78, 5) is 39.0.